The van der Waals surface area contributed by atoms with E-state index in [1.54, 1.807) is 64.1 Å². The smallest absolute Gasteiger partial charge is 0.338 e. The van der Waals surface area contributed by atoms with Gasteiger partial charge in [0.05, 0.1) is 30.3 Å². The second kappa shape index (κ2) is 10.8. The fourth-order valence-corrected chi connectivity index (χ4v) is 5.54. The molecular formula is C25H28Cl2N2O6S. The second-order valence-electron chi connectivity index (χ2n) is 9.14. The Bertz CT molecular complexity index is 1290. The summed E-state index contributed by atoms with van der Waals surface area (Å²) in [6.45, 7) is 7.01. The van der Waals surface area contributed by atoms with Crippen molar-refractivity contribution in [3.05, 3.63) is 81.0 Å². The monoisotopic (exact) mass is 554 g/mol. The predicted molar refractivity (Wildman–Crippen MR) is 138 cm³/mol. The number of carbonyl (C=O) groups is 2. The first-order valence-electron chi connectivity index (χ1n) is 11.2. The van der Waals surface area contributed by atoms with Crippen molar-refractivity contribution in [2.45, 2.75) is 45.9 Å². The number of likely N-dealkylation sites (N-methyl/N-ethyl adjacent to an activating group) is 1. The number of halogens is 2. The summed E-state index contributed by atoms with van der Waals surface area (Å²) in [5, 5.41) is 0.596. The molecule has 1 heterocycles. The van der Waals surface area contributed by atoms with Gasteiger partial charge in [0, 0.05) is 23.3 Å². The zero-order chi connectivity index (χ0) is 26.8. The lowest BCUT2D eigenvalue weighted by Gasteiger charge is -2.38. The van der Waals surface area contributed by atoms with Crippen LogP contribution < -0.4 is 0 Å². The lowest BCUT2D eigenvalue weighted by Crippen LogP contribution is -2.46. The van der Waals surface area contributed by atoms with Gasteiger partial charge in [-0.05, 0) is 63.1 Å². The fraction of sp³-hybridized carbons (Fsp3) is 0.360. The van der Waals surface area contributed by atoms with Crippen LogP contribution in [0.2, 0.25) is 10.0 Å². The average molecular weight is 555 g/mol. The summed E-state index contributed by atoms with van der Waals surface area (Å²) in [6.07, 6.45) is 1.27. The Labute approximate surface area is 221 Å². The van der Waals surface area contributed by atoms with Gasteiger partial charge in [-0.2, -0.15) is 12.7 Å². The van der Waals surface area contributed by atoms with Crippen LogP contribution in [0.3, 0.4) is 0 Å². The van der Waals surface area contributed by atoms with Gasteiger partial charge in [-0.1, -0.05) is 41.4 Å². The molecule has 0 aromatic heterocycles. The van der Waals surface area contributed by atoms with E-state index in [1.165, 1.54) is 19.3 Å². The zero-order valence-corrected chi connectivity index (χ0v) is 22.9. The van der Waals surface area contributed by atoms with Crippen molar-refractivity contribution in [1.29, 1.82) is 0 Å². The van der Waals surface area contributed by atoms with Crippen LogP contribution >= 0.6 is 23.2 Å². The molecule has 1 atom stereocenters. The molecule has 1 unspecified atom stereocenters. The highest BCUT2D eigenvalue weighted by Crippen LogP contribution is 2.40. The van der Waals surface area contributed by atoms with Crippen molar-refractivity contribution in [2.24, 2.45) is 0 Å². The van der Waals surface area contributed by atoms with Gasteiger partial charge in [0.2, 0.25) is 0 Å². The number of carbonyl (C=O) groups excluding carboxylic acids is 2. The highest BCUT2D eigenvalue weighted by molar-refractivity contribution is 7.86. The molecule has 0 aliphatic carbocycles. The van der Waals surface area contributed by atoms with Crippen LogP contribution in [0.1, 0.15) is 55.2 Å². The number of ether oxygens (including phenoxy) is 2. The molecular weight excluding hydrogens is 527 g/mol. The topological polar surface area (TPSA) is 93.2 Å². The highest BCUT2D eigenvalue weighted by Gasteiger charge is 2.42. The molecule has 1 aliphatic rings. The largest absolute Gasteiger partial charge is 0.463 e. The number of nitrogens with zero attached hydrogens (tertiary/aromatic N) is 2. The molecule has 0 bridgehead atoms. The van der Waals surface area contributed by atoms with Gasteiger partial charge < -0.3 is 9.47 Å². The molecule has 0 saturated heterocycles. The van der Waals surface area contributed by atoms with Gasteiger partial charge in [0.25, 0.3) is 0 Å². The first kappa shape index (κ1) is 28.0. The third kappa shape index (κ3) is 6.21. The highest BCUT2D eigenvalue weighted by atomic mass is 35.5. The third-order valence-electron chi connectivity index (χ3n) is 5.30. The van der Waals surface area contributed by atoms with E-state index >= 15 is 0 Å². The normalized spacial score (nSPS) is 17.9. The first-order valence-corrected chi connectivity index (χ1v) is 13.3. The maximum absolute atomic E-state index is 13.4. The molecule has 2 aromatic rings. The summed E-state index contributed by atoms with van der Waals surface area (Å²) in [5.74, 6) is -1.15. The summed E-state index contributed by atoms with van der Waals surface area (Å²) in [7, 11) is -2.69. The summed E-state index contributed by atoms with van der Waals surface area (Å²) in [6, 6.07) is 10.0. The Morgan fingerprint density at radius 1 is 1.03 bits per heavy atom. The van der Waals surface area contributed by atoms with E-state index in [4.69, 9.17) is 32.7 Å². The molecule has 0 saturated carbocycles. The summed E-state index contributed by atoms with van der Waals surface area (Å²) in [5.41, 5.74) is 0.797. The number of rotatable bonds is 6. The van der Waals surface area contributed by atoms with E-state index in [0.29, 0.717) is 21.7 Å². The van der Waals surface area contributed by atoms with E-state index in [9.17, 15) is 18.0 Å². The summed E-state index contributed by atoms with van der Waals surface area (Å²) >= 11 is 12.4. The minimum atomic E-state index is -4.06. The van der Waals surface area contributed by atoms with Crippen molar-refractivity contribution in [3.63, 3.8) is 0 Å². The van der Waals surface area contributed by atoms with Crippen LogP contribution in [0.4, 0.5) is 0 Å². The molecule has 194 valence electrons. The van der Waals surface area contributed by atoms with Crippen molar-refractivity contribution < 1.29 is 27.5 Å². The average Bonchev–Trinajstić information content (AvgIpc) is 2.77. The Hall–Kier alpha value is -2.59. The van der Waals surface area contributed by atoms with Crippen molar-refractivity contribution in [2.75, 3.05) is 13.7 Å². The van der Waals surface area contributed by atoms with Crippen molar-refractivity contribution in [3.8, 4) is 0 Å². The fourth-order valence-electron chi connectivity index (χ4n) is 3.64. The van der Waals surface area contributed by atoms with Crippen molar-refractivity contribution >= 4 is 45.3 Å². The van der Waals surface area contributed by atoms with Gasteiger partial charge in [-0.15, -0.1) is 0 Å². The van der Waals surface area contributed by atoms with Gasteiger partial charge in [-0.25, -0.2) is 9.59 Å². The second-order valence-corrected chi connectivity index (χ2v) is 11.9. The SMILES string of the molecule is CCOC(=O)C1=CN(Cc2ccc(C(=O)OC(C)(C)C)cc2)S(=O)(=O)N(C)C1c1ccc(Cl)cc1Cl. The molecule has 2 aromatic carbocycles. The van der Waals surface area contributed by atoms with E-state index in [1.807, 2.05) is 0 Å². The quantitative estimate of drug-likeness (QED) is 0.459. The number of benzene rings is 2. The lowest BCUT2D eigenvalue weighted by molar-refractivity contribution is -0.139. The molecule has 1 aliphatic heterocycles. The Morgan fingerprint density at radius 2 is 1.67 bits per heavy atom. The van der Waals surface area contributed by atoms with Crippen LogP contribution in [-0.2, 0) is 31.0 Å². The molecule has 0 fully saturated rings. The van der Waals surface area contributed by atoms with Gasteiger partial charge >= 0.3 is 22.1 Å². The molecule has 0 spiro atoms. The molecule has 0 amide bonds. The predicted octanol–water partition coefficient (Wildman–Crippen LogP) is 5.13. The number of hydrogen-bond acceptors (Lipinski definition) is 6. The van der Waals surface area contributed by atoms with Gasteiger partial charge in [0.15, 0.2) is 0 Å². The van der Waals surface area contributed by atoms with Crippen LogP contribution in [0.25, 0.3) is 0 Å². The first-order chi connectivity index (χ1) is 16.7. The standard InChI is InChI=1S/C25H28Cl2N2O6S/c1-6-34-24(31)20-15-29(14-16-7-9-17(10-8-16)23(30)35-25(2,3)4)36(32,33)28(5)22(20)19-12-11-18(26)13-21(19)27/h7-13,15,22H,6,14H2,1-5H3. The zero-order valence-electron chi connectivity index (χ0n) is 20.6. The Morgan fingerprint density at radius 3 is 2.22 bits per heavy atom. The van der Waals surface area contributed by atoms with E-state index in [0.717, 1.165) is 8.61 Å². The lowest BCUT2D eigenvalue weighted by atomic mass is 9.99. The number of esters is 2. The van der Waals surface area contributed by atoms with E-state index < -0.39 is 33.8 Å². The van der Waals surface area contributed by atoms with Crippen molar-refractivity contribution in [1.82, 2.24) is 8.61 Å². The third-order valence-corrected chi connectivity index (χ3v) is 7.63. The summed E-state index contributed by atoms with van der Waals surface area (Å²) < 4.78 is 39.6. The Kier molecular flexibility index (Phi) is 8.40. The van der Waals surface area contributed by atoms with E-state index in [2.05, 4.69) is 0 Å². The minimum absolute atomic E-state index is 0.0781. The molecule has 36 heavy (non-hydrogen) atoms. The molecule has 8 nitrogen and oxygen atoms in total. The van der Waals surface area contributed by atoms with E-state index in [-0.39, 0.29) is 23.7 Å². The molecule has 0 radical (unpaired) electrons. The minimum Gasteiger partial charge on any atom is -0.463 e. The van der Waals surface area contributed by atoms with Crippen LogP contribution in [0.15, 0.2) is 54.2 Å². The molecule has 11 heteroatoms. The van der Waals surface area contributed by atoms with Gasteiger partial charge in [-0.3, -0.25) is 4.31 Å². The number of hydrogen-bond donors (Lipinski definition) is 0. The van der Waals surface area contributed by atoms with Gasteiger partial charge in [0.1, 0.15) is 5.60 Å². The van der Waals surface area contributed by atoms with Crippen LogP contribution in [-0.4, -0.2) is 48.2 Å². The maximum atomic E-state index is 13.4. The Balaban J connectivity index is 1.98. The summed E-state index contributed by atoms with van der Waals surface area (Å²) in [4.78, 5) is 25.2. The molecule has 0 N–H and O–H groups in total. The van der Waals surface area contributed by atoms with Crippen LogP contribution in [0.5, 0.6) is 0 Å². The van der Waals surface area contributed by atoms with Crippen LogP contribution in [0, 0.1) is 0 Å². The molecule has 3 rings (SSSR count). The maximum Gasteiger partial charge on any atom is 0.338 e.